The third-order valence-electron chi connectivity index (χ3n) is 12.6. The number of aliphatic hydroxyl groups excluding tert-OH is 1. The van der Waals surface area contributed by atoms with E-state index in [0.29, 0.717) is 73.5 Å². The van der Waals surface area contributed by atoms with E-state index in [1.165, 1.54) is 19.1 Å². The van der Waals surface area contributed by atoms with Crippen LogP contribution in [-0.2, 0) is 50.1 Å². The maximum atomic E-state index is 14.9. The van der Waals surface area contributed by atoms with Crippen LogP contribution in [-0.4, -0.2) is 131 Å². The number of allylic oxidation sites excluding steroid dienone is 2. The molecule has 0 spiro atoms. The number of amides is 1. The van der Waals surface area contributed by atoms with E-state index in [9.17, 15) is 14.1 Å². The summed E-state index contributed by atoms with van der Waals surface area (Å²) in [5, 5.41) is 12.6. The summed E-state index contributed by atoms with van der Waals surface area (Å²) in [6.45, 7) is 23.4. The van der Waals surface area contributed by atoms with Crippen molar-refractivity contribution in [3.63, 3.8) is 0 Å². The highest BCUT2D eigenvalue weighted by atomic mass is 35.5. The van der Waals surface area contributed by atoms with Crippen LogP contribution in [0.3, 0.4) is 0 Å². The summed E-state index contributed by atoms with van der Waals surface area (Å²) >= 11 is 10.1. The fourth-order valence-electron chi connectivity index (χ4n) is 7.66. The summed E-state index contributed by atoms with van der Waals surface area (Å²) in [6, 6.07) is 13.1. The van der Waals surface area contributed by atoms with Crippen LogP contribution in [0.4, 0.5) is 10.5 Å². The number of benzene rings is 2. The predicted molar refractivity (Wildman–Crippen MR) is 285 cm³/mol. The van der Waals surface area contributed by atoms with E-state index in [-0.39, 0.29) is 23.9 Å². The molecule has 2 aromatic rings. The fraction of sp³-hybridized carbons (Fsp3) is 0.667. The van der Waals surface area contributed by atoms with Crippen molar-refractivity contribution in [1.82, 2.24) is 0 Å². The van der Waals surface area contributed by atoms with Gasteiger partial charge in [-0.3, -0.25) is 9.11 Å². The minimum absolute atomic E-state index is 0.0210. The highest BCUT2D eigenvalue weighted by Gasteiger charge is 2.48. The number of nitrogens with zero attached hydrogens (tertiary/aromatic N) is 1. The van der Waals surface area contributed by atoms with Crippen LogP contribution in [0, 0.1) is 5.92 Å². The van der Waals surface area contributed by atoms with Gasteiger partial charge in [-0.15, -0.1) is 23.5 Å². The van der Waals surface area contributed by atoms with Gasteiger partial charge < -0.3 is 42.7 Å². The lowest BCUT2D eigenvalue weighted by Crippen LogP contribution is -2.50. The first-order chi connectivity index (χ1) is 32.2. The molecule has 17 heteroatoms. The normalized spacial score (nSPS) is 17.6. The van der Waals surface area contributed by atoms with Crippen LogP contribution in [0.15, 0.2) is 70.7 Å². The molecule has 1 aliphatic heterocycles. The molecule has 0 saturated carbocycles. The number of carbonyl (C=O) groups excluding carboxylic acids is 1. The van der Waals surface area contributed by atoms with E-state index in [1.807, 2.05) is 63.2 Å². The smallest absolute Gasteiger partial charge is 0.413 e. The molecular weight excluding hydrogens is 962 g/mol. The van der Waals surface area contributed by atoms with Crippen LogP contribution in [0.2, 0.25) is 23.2 Å². The molecule has 3 rings (SSSR count). The Bertz CT molecular complexity index is 1910. The van der Waals surface area contributed by atoms with E-state index in [4.69, 9.17) is 49.2 Å². The van der Waals surface area contributed by atoms with Gasteiger partial charge in [0.2, 0.25) is 0 Å². The summed E-state index contributed by atoms with van der Waals surface area (Å²) in [4.78, 5) is 14.5. The van der Waals surface area contributed by atoms with Gasteiger partial charge in [-0.2, -0.15) is 0 Å². The molecule has 2 aromatic carbocycles. The molecule has 1 amide bonds. The minimum Gasteiger partial charge on any atom is -0.495 e. The number of hydrogen-bond acceptors (Lipinski definition) is 13. The average molecular weight is 1040 g/mol. The highest BCUT2D eigenvalue weighted by Crippen LogP contribution is 2.51. The van der Waals surface area contributed by atoms with Crippen molar-refractivity contribution in [2.24, 2.45) is 5.92 Å². The Morgan fingerprint density at radius 3 is 2.24 bits per heavy atom. The van der Waals surface area contributed by atoms with Gasteiger partial charge in [0.15, 0.2) is 14.6 Å². The Morgan fingerprint density at radius 2 is 1.66 bits per heavy atom. The number of carbonyl (C=O) groups is 1. The van der Waals surface area contributed by atoms with Crippen LogP contribution in [0.1, 0.15) is 86.6 Å². The number of aliphatic hydroxyl groups is 1. The lowest BCUT2D eigenvalue weighted by atomic mass is 9.93. The zero-order chi connectivity index (χ0) is 50.7. The Morgan fingerprint density at radius 1 is 1.01 bits per heavy atom. The second-order valence-electron chi connectivity index (χ2n) is 18.7. The topological polar surface area (TPSA) is 131 Å². The number of ether oxygens (including phenoxy) is 7. The quantitative estimate of drug-likeness (QED) is 0.0359. The number of hydrogen-bond donors (Lipinski definition) is 1. The molecule has 68 heavy (non-hydrogen) atoms. The standard InChI is InChI=1S/C51H82ClNO11S3Si/c1-15-61-46(62-16-2)33-42(64-68(13,14)50(6,7)8)37(4)30-38(5)44(63-35-60-26-25-57-10)34-51(65-27-20-28-66-51)48(54)45(67(56)40-21-18-17-19-22-40)24-23-36(3)29-39-31-41(53(9)49(55)59-12)47(52)43(32-39)58-11/h17-19,21-23,30-32,38,42,44-46,48,54H,15-16,20,24-29,33-35H2,1-14H3/b36-23+,37-30+/t38-,42-,44-,45?,48+,67?/m0/s1. The summed E-state index contributed by atoms with van der Waals surface area (Å²) in [5.41, 5.74) is 3.35. The largest absolute Gasteiger partial charge is 0.495 e. The van der Waals surface area contributed by atoms with Gasteiger partial charge in [0.25, 0.3) is 0 Å². The summed E-state index contributed by atoms with van der Waals surface area (Å²) in [6.07, 6.45) is 4.47. The molecule has 1 fully saturated rings. The summed E-state index contributed by atoms with van der Waals surface area (Å²) in [7, 11) is 2.24. The third kappa shape index (κ3) is 18.0. The van der Waals surface area contributed by atoms with E-state index in [1.54, 1.807) is 37.7 Å². The first-order valence-corrected chi connectivity index (χ1v) is 30.2. The molecule has 1 aliphatic rings. The van der Waals surface area contributed by atoms with Crippen molar-refractivity contribution in [2.45, 2.75) is 144 Å². The van der Waals surface area contributed by atoms with Crippen molar-refractivity contribution in [3.8, 4) is 5.75 Å². The molecule has 0 bridgehead atoms. The first kappa shape index (κ1) is 60.4. The molecular formula is C51H82ClNO11S3Si. The molecule has 2 unspecified atom stereocenters. The zero-order valence-corrected chi connectivity index (χ0v) is 47.4. The van der Waals surface area contributed by atoms with Gasteiger partial charge in [-0.1, -0.05) is 75.2 Å². The number of rotatable bonds is 29. The molecule has 6 atom stereocenters. The zero-order valence-electron chi connectivity index (χ0n) is 43.2. The van der Waals surface area contributed by atoms with E-state index < -0.39 is 53.0 Å². The average Bonchev–Trinajstić information content (AvgIpc) is 3.30. The Balaban J connectivity index is 2.11. The van der Waals surface area contributed by atoms with Crippen molar-refractivity contribution >= 4 is 66.0 Å². The maximum Gasteiger partial charge on any atom is 0.413 e. The predicted octanol–water partition coefficient (Wildman–Crippen LogP) is 11.7. The summed E-state index contributed by atoms with van der Waals surface area (Å²) in [5.74, 6) is 1.96. The Labute approximate surface area is 425 Å². The van der Waals surface area contributed by atoms with Crippen molar-refractivity contribution in [3.05, 3.63) is 76.3 Å². The van der Waals surface area contributed by atoms with Gasteiger partial charge in [0, 0.05) is 51.0 Å². The molecule has 1 heterocycles. The van der Waals surface area contributed by atoms with Crippen molar-refractivity contribution in [1.29, 1.82) is 0 Å². The second kappa shape index (κ2) is 29.6. The number of halogens is 1. The van der Waals surface area contributed by atoms with Crippen LogP contribution < -0.4 is 9.64 Å². The first-order valence-electron chi connectivity index (χ1n) is 23.7. The third-order valence-corrected chi connectivity index (χ3v) is 22.7. The van der Waals surface area contributed by atoms with E-state index in [0.717, 1.165) is 34.6 Å². The van der Waals surface area contributed by atoms with Crippen LogP contribution in [0.25, 0.3) is 0 Å². The van der Waals surface area contributed by atoms with Crippen molar-refractivity contribution < 1.29 is 51.7 Å². The molecule has 0 aromatic heterocycles. The second-order valence-corrected chi connectivity index (χ2v) is 28.6. The lowest BCUT2D eigenvalue weighted by molar-refractivity contribution is -0.148. The van der Waals surface area contributed by atoms with Crippen molar-refractivity contribution in [2.75, 3.05) is 78.0 Å². The highest BCUT2D eigenvalue weighted by molar-refractivity contribution is 8.18. The monoisotopic (exact) mass is 1040 g/mol. The molecule has 0 radical (unpaired) electrons. The van der Waals surface area contributed by atoms with Crippen LogP contribution >= 0.6 is 35.1 Å². The van der Waals surface area contributed by atoms with E-state index >= 15 is 0 Å². The van der Waals surface area contributed by atoms with Gasteiger partial charge >= 0.3 is 6.09 Å². The lowest BCUT2D eigenvalue weighted by Gasteiger charge is -2.45. The maximum absolute atomic E-state index is 14.9. The van der Waals surface area contributed by atoms with Crippen LogP contribution in [0.5, 0.6) is 5.75 Å². The van der Waals surface area contributed by atoms with E-state index in [2.05, 4.69) is 59.9 Å². The molecule has 1 saturated heterocycles. The van der Waals surface area contributed by atoms with Gasteiger partial charge in [0.05, 0.1) is 71.6 Å². The van der Waals surface area contributed by atoms with Gasteiger partial charge in [-0.25, -0.2) is 4.79 Å². The van der Waals surface area contributed by atoms with Gasteiger partial charge in [0.1, 0.15) is 17.6 Å². The fourth-order valence-corrected chi connectivity index (χ4v) is 14.5. The molecule has 1 N–H and O–H groups in total. The molecule has 12 nitrogen and oxygen atoms in total. The van der Waals surface area contributed by atoms with Gasteiger partial charge in [-0.05, 0) is 112 Å². The Kier molecular flexibility index (Phi) is 26.2. The minimum atomic E-state index is -2.25. The number of thioether (sulfide) groups is 2. The summed E-state index contributed by atoms with van der Waals surface area (Å²) < 4.78 is 61.8. The molecule has 386 valence electrons. The Hall–Kier alpha value is -1.93. The SMILES string of the molecule is CCOC(C[C@H](O[Si](C)(C)C(C)(C)C)/C(C)=C/[C@H](C)[C@H](CC1([C@H](O)C(C/C=C(\C)Cc2cc(OC)c(Cl)c(N(C)C(=O)OC)c2)S(=O)c2ccccc2)SCCCS1)OCOCCOC)OCC. The number of anilines is 1. The number of methoxy groups -OCH3 is 3. The molecule has 0 aliphatic carbocycles.